The van der Waals surface area contributed by atoms with E-state index in [9.17, 15) is 9.18 Å². The number of hydrogen-bond acceptors (Lipinski definition) is 6. The molecule has 2 atom stereocenters. The summed E-state index contributed by atoms with van der Waals surface area (Å²) in [5.41, 5.74) is -0.575. The third kappa shape index (κ3) is 5.18. The van der Waals surface area contributed by atoms with Crippen LogP contribution in [0.5, 0.6) is 0 Å². The topological polar surface area (TPSA) is 67.3 Å². The van der Waals surface area contributed by atoms with Gasteiger partial charge in [-0.1, -0.05) is 39.0 Å². The van der Waals surface area contributed by atoms with Gasteiger partial charge in [-0.25, -0.2) is 9.37 Å². The average molecular weight is 528 g/mol. The molecule has 2 unspecified atom stereocenters. The predicted molar refractivity (Wildman–Crippen MR) is 127 cm³/mol. The largest absolute Gasteiger partial charge is 0.442 e. The van der Waals surface area contributed by atoms with Crippen molar-refractivity contribution in [1.29, 1.82) is 0 Å². The Bertz CT molecular complexity index is 994. The van der Waals surface area contributed by atoms with E-state index in [1.54, 1.807) is 12.1 Å². The van der Waals surface area contributed by atoms with Crippen LogP contribution in [0.15, 0.2) is 16.6 Å². The Morgan fingerprint density at radius 1 is 1.31 bits per heavy atom. The van der Waals surface area contributed by atoms with Crippen LogP contribution in [0.4, 0.5) is 10.2 Å². The minimum Gasteiger partial charge on any atom is -0.442 e. The summed E-state index contributed by atoms with van der Waals surface area (Å²) in [7, 11) is 0. The van der Waals surface area contributed by atoms with E-state index in [-0.39, 0.29) is 22.8 Å². The molecule has 0 amide bonds. The van der Waals surface area contributed by atoms with Crippen molar-refractivity contribution < 1.29 is 13.9 Å². The predicted octanol–water partition coefficient (Wildman–Crippen LogP) is 5.75. The second-order valence-corrected chi connectivity index (χ2v) is 10.0. The van der Waals surface area contributed by atoms with Gasteiger partial charge >= 0.3 is 5.97 Å². The minimum absolute atomic E-state index is 0.00972. The molecule has 2 saturated heterocycles. The molecule has 1 aromatic heterocycles. The lowest BCUT2D eigenvalue weighted by Gasteiger charge is -2.41. The van der Waals surface area contributed by atoms with Crippen LogP contribution < -0.4 is 10.2 Å². The number of piperazine rings is 1. The number of benzene rings is 1. The third-order valence-electron chi connectivity index (χ3n) is 6.31. The number of rotatable bonds is 9. The Hall–Kier alpha value is -1.51. The van der Waals surface area contributed by atoms with Crippen LogP contribution in [-0.2, 0) is 9.53 Å². The molecule has 1 N–H and O–H groups in total. The van der Waals surface area contributed by atoms with Gasteiger partial charge in [0.25, 0.3) is 0 Å². The van der Waals surface area contributed by atoms with Crippen LogP contribution in [0.25, 0.3) is 10.9 Å². The number of esters is 1. The average Bonchev–Trinajstić information content (AvgIpc) is 3.06. The van der Waals surface area contributed by atoms with Crippen molar-refractivity contribution in [1.82, 2.24) is 15.3 Å². The van der Waals surface area contributed by atoms with E-state index in [4.69, 9.17) is 16.3 Å². The highest BCUT2D eigenvalue weighted by atomic mass is 79.9. The smallest absolute Gasteiger partial charge is 0.307 e. The molecule has 6 nitrogen and oxygen atoms in total. The van der Waals surface area contributed by atoms with Crippen molar-refractivity contribution in [3.8, 4) is 0 Å². The molecule has 32 heavy (non-hydrogen) atoms. The Labute approximate surface area is 201 Å². The van der Waals surface area contributed by atoms with Crippen LogP contribution >= 0.6 is 27.5 Å². The maximum absolute atomic E-state index is 14.7. The van der Waals surface area contributed by atoms with Gasteiger partial charge in [0.15, 0.2) is 11.5 Å². The van der Waals surface area contributed by atoms with Gasteiger partial charge in [0.2, 0.25) is 5.28 Å². The van der Waals surface area contributed by atoms with Crippen molar-refractivity contribution in [2.45, 2.75) is 76.5 Å². The molecule has 2 fully saturated rings. The normalized spacial score (nSPS) is 22.5. The Kier molecular flexibility index (Phi) is 7.52. The highest BCUT2D eigenvalue weighted by Gasteiger charge is 2.48. The maximum atomic E-state index is 14.7. The molecule has 9 heteroatoms. The number of halogens is 3. The van der Waals surface area contributed by atoms with E-state index in [1.165, 1.54) is 19.3 Å². The summed E-state index contributed by atoms with van der Waals surface area (Å²) in [5, 5.41) is 4.07. The van der Waals surface area contributed by atoms with Gasteiger partial charge in [0.1, 0.15) is 11.3 Å². The fourth-order valence-corrected chi connectivity index (χ4v) is 5.24. The van der Waals surface area contributed by atoms with Gasteiger partial charge in [-0.3, -0.25) is 10.1 Å². The maximum Gasteiger partial charge on any atom is 0.307 e. The number of nitrogens with zero attached hydrogens (tertiary/aromatic N) is 3. The van der Waals surface area contributed by atoms with Gasteiger partial charge in [0, 0.05) is 30.8 Å². The zero-order valence-electron chi connectivity index (χ0n) is 18.3. The number of hydrogen-bond donors (Lipinski definition) is 1. The lowest BCUT2D eigenvalue weighted by molar-refractivity contribution is -0.162. The van der Waals surface area contributed by atoms with Crippen LogP contribution in [0.1, 0.15) is 64.7 Å². The summed E-state index contributed by atoms with van der Waals surface area (Å²) in [6.45, 7) is 3.31. The highest BCUT2D eigenvalue weighted by Crippen LogP contribution is 2.37. The minimum atomic E-state index is -0.750. The first-order chi connectivity index (χ1) is 15.4. The number of carbonyl (C=O) groups is 1. The molecule has 2 aromatic rings. The van der Waals surface area contributed by atoms with E-state index in [0.717, 1.165) is 32.1 Å². The summed E-state index contributed by atoms with van der Waals surface area (Å²) >= 11 is 9.35. The van der Waals surface area contributed by atoms with Crippen LogP contribution in [0.2, 0.25) is 5.28 Å². The summed E-state index contributed by atoms with van der Waals surface area (Å²) in [6, 6.07) is 3.59. The molecule has 4 rings (SSSR count). The van der Waals surface area contributed by atoms with Crippen LogP contribution in [-0.4, -0.2) is 40.8 Å². The van der Waals surface area contributed by atoms with Gasteiger partial charge in [-0.2, -0.15) is 4.98 Å². The van der Waals surface area contributed by atoms with Crippen LogP contribution in [0, 0.1) is 5.82 Å². The molecule has 0 spiro atoms. The summed E-state index contributed by atoms with van der Waals surface area (Å²) in [4.78, 5) is 23.1. The monoisotopic (exact) mass is 526 g/mol. The Balaban J connectivity index is 1.47. The number of anilines is 1. The van der Waals surface area contributed by atoms with Crippen molar-refractivity contribution >= 4 is 50.2 Å². The van der Waals surface area contributed by atoms with E-state index < -0.39 is 11.5 Å². The first kappa shape index (κ1) is 23.6. The summed E-state index contributed by atoms with van der Waals surface area (Å²) in [5.74, 6) is -0.0709. The van der Waals surface area contributed by atoms with E-state index >= 15 is 0 Å². The van der Waals surface area contributed by atoms with Gasteiger partial charge < -0.3 is 9.64 Å². The quantitative estimate of drug-likeness (QED) is 0.255. The number of nitrogens with one attached hydrogen (secondary N) is 1. The molecule has 0 radical (unpaired) electrons. The van der Waals surface area contributed by atoms with E-state index in [1.807, 2.05) is 4.90 Å². The molecule has 174 valence electrons. The molecule has 0 aliphatic carbocycles. The van der Waals surface area contributed by atoms with Crippen molar-refractivity contribution in [2.24, 2.45) is 0 Å². The highest BCUT2D eigenvalue weighted by molar-refractivity contribution is 9.10. The number of aromatic nitrogens is 2. The van der Waals surface area contributed by atoms with Crippen LogP contribution in [0.3, 0.4) is 0 Å². The Morgan fingerprint density at radius 3 is 2.91 bits per heavy atom. The molecular weight excluding hydrogens is 499 g/mol. The number of unbranched alkanes of at least 4 members (excludes halogenated alkanes) is 5. The number of carbonyl (C=O) groups excluding carboxylic acids is 1. The van der Waals surface area contributed by atoms with Crippen molar-refractivity contribution in [2.75, 3.05) is 18.0 Å². The summed E-state index contributed by atoms with van der Waals surface area (Å²) in [6.07, 6.45) is 8.83. The third-order valence-corrected chi connectivity index (χ3v) is 7.09. The lowest BCUT2D eigenvalue weighted by Crippen LogP contribution is -2.61. The fourth-order valence-electron chi connectivity index (χ4n) is 4.75. The Morgan fingerprint density at radius 2 is 2.09 bits per heavy atom. The first-order valence-corrected chi connectivity index (χ1v) is 12.6. The zero-order valence-corrected chi connectivity index (χ0v) is 20.6. The first-order valence-electron chi connectivity index (χ1n) is 11.5. The zero-order chi connectivity index (χ0) is 22.7. The number of ether oxygens (including phenoxy) is 1. The second kappa shape index (κ2) is 10.2. The molecule has 2 aliphatic heterocycles. The van der Waals surface area contributed by atoms with Gasteiger partial charge in [-0.15, -0.1) is 0 Å². The van der Waals surface area contributed by atoms with Crippen molar-refractivity contribution in [3.63, 3.8) is 0 Å². The summed E-state index contributed by atoms with van der Waals surface area (Å²) < 4.78 is 21.0. The van der Waals surface area contributed by atoms with Crippen molar-refractivity contribution in [3.05, 3.63) is 27.7 Å². The number of fused-ring (bicyclic) bond motifs is 3. The molecule has 2 aliphatic rings. The molecule has 3 heterocycles. The SMILES string of the molecule is CCCCCCCCC(=O)OC12CCC(CN(c3nc(Cl)nc4c(F)c(Br)ccc34)C1)N2. The molecular formula is C23H29BrClFN4O2. The second-order valence-electron chi connectivity index (χ2n) is 8.82. The molecule has 0 saturated carbocycles. The molecule has 2 bridgehead atoms. The van der Waals surface area contributed by atoms with Gasteiger partial charge in [0.05, 0.1) is 11.0 Å². The lowest BCUT2D eigenvalue weighted by atomic mass is 10.1. The van der Waals surface area contributed by atoms with Gasteiger partial charge in [-0.05, 0) is 52.5 Å². The standard InChI is InChI=1S/C23H29BrClFN4O2/c1-2-3-4-5-6-7-8-18(31)32-23-12-11-15(29-23)13-30(14-23)21-16-9-10-17(24)19(26)20(16)27-22(25)28-21/h9-10,15,29H,2-8,11-14H2,1H3. The molecule has 1 aromatic carbocycles. The fraction of sp³-hybridized carbons (Fsp3) is 0.609. The van der Waals surface area contributed by atoms with E-state index in [0.29, 0.717) is 35.2 Å². The van der Waals surface area contributed by atoms with E-state index in [2.05, 4.69) is 38.1 Å².